The maximum atomic E-state index is 9.87. The van der Waals surface area contributed by atoms with Crippen molar-refractivity contribution < 1.29 is 9.84 Å². The SMILES string of the molecule is CCCCC(O)c1ccc(OC)cc1Cl. The third-order valence-electron chi connectivity index (χ3n) is 2.40. The molecule has 1 aromatic carbocycles. The summed E-state index contributed by atoms with van der Waals surface area (Å²) in [7, 11) is 1.60. The molecule has 1 rings (SSSR count). The van der Waals surface area contributed by atoms with Crippen molar-refractivity contribution >= 4 is 11.6 Å². The van der Waals surface area contributed by atoms with Gasteiger partial charge in [-0.2, -0.15) is 0 Å². The van der Waals surface area contributed by atoms with Crippen LogP contribution in [0.2, 0.25) is 5.02 Å². The lowest BCUT2D eigenvalue weighted by atomic mass is 10.0. The van der Waals surface area contributed by atoms with Gasteiger partial charge in [0.1, 0.15) is 5.75 Å². The van der Waals surface area contributed by atoms with E-state index in [1.54, 1.807) is 13.2 Å². The van der Waals surface area contributed by atoms with Crippen LogP contribution in [-0.2, 0) is 0 Å². The Bertz CT molecular complexity index is 312. The molecule has 0 fully saturated rings. The number of hydrogen-bond acceptors (Lipinski definition) is 2. The second-order valence-corrected chi connectivity index (χ2v) is 3.95. The average Bonchev–Trinajstić information content (AvgIpc) is 2.25. The predicted octanol–water partition coefficient (Wildman–Crippen LogP) is 3.57. The van der Waals surface area contributed by atoms with Crippen LogP contribution in [0.25, 0.3) is 0 Å². The smallest absolute Gasteiger partial charge is 0.120 e. The van der Waals surface area contributed by atoms with Crippen LogP contribution in [-0.4, -0.2) is 12.2 Å². The summed E-state index contributed by atoms with van der Waals surface area (Å²) in [4.78, 5) is 0. The molecule has 1 unspecified atom stereocenters. The zero-order chi connectivity index (χ0) is 11.3. The number of halogens is 1. The quantitative estimate of drug-likeness (QED) is 0.835. The fraction of sp³-hybridized carbons (Fsp3) is 0.500. The number of benzene rings is 1. The van der Waals surface area contributed by atoms with Gasteiger partial charge in [-0.25, -0.2) is 0 Å². The number of hydrogen-bond donors (Lipinski definition) is 1. The molecular formula is C12H17ClO2. The van der Waals surface area contributed by atoms with E-state index in [4.69, 9.17) is 16.3 Å². The first-order chi connectivity index (χ1) is 7.19. The summed E-state index contributed by atoms with van der Waals surface area (Å²) in [5.41, 5.74) is 0.783. The van der Waals surface area contributed by atoms with Crippen LogP contribution < -0.4 is 4.74 Å². The monoisotopic (exact) mass is 228 g/mol. The van der Waals surface area contributed by atoms with Crippen molar-refractivity contribution in [2.45, 2.75) is 32.3 Å². The molecule has 1 aromatic rings. The Balaban J connectivity index is 2.76. The number of ether oxygens (including phenoxy) is 1. The molecule has 0 saturated carbocycles. The van der Waals surface area contributed by atoms with E-state index < -0.39 is 6.10 Å². The molecule has 0 bridgehead atoms. The summed E-state index contributed by atoms with van der Waals surface area (Å²) in [6.07, 6.45) is 2.36. The fourth-order valence-corrected chi connectivity index (χ4v) is 1.75. The van der Waals surface area contributed by atoms with Gasteiger partial charge in [-0.1, -0.05) is 37.4 Å². The summed E-state index contributed by atoms with van der Waals surface area (Å²) in [5, 5.41) is 10.4. The normalized spacial score (nSPS) is 12.5. The van der Waals surface area contributed by atoms with E-state index in [1.165, 1.54) is 0 Å². The molecule has 0 amide bonds. The molecule has 0 aromatic heterocycles. The lowest BCUT2D eigenvalue weighted by Crippen LogP contribution is -1.98. The van der Waals surface area contributed by atoms with Gasteiger partial charge in [0.25, 0.3) is 0 Å². The van der Waals surface area contributed by atoms with E-state index >= 15 is 0 Å². The highest BCUT2D eigenvalue weighted by Gasteiger charge is 2.11. The molecule has 1 atom stereocenters. The molecule has 0 saturated heterocycles. The molecule has 3 heteroatoms. The minimum absolute atomic E-state index is 0.469. The maximum absolute atomic E-state index is 9.87. The first-order valence-corrected chi connectivity index (χ1v) is 5.58. The Morgan fingerprint density at radius 2 is 2.20 bits per heavy atom. The molecule has 0 radical (unpaired) electrons. The zero-order valence-electron chi connectivity index (χ0n) is 9.16. The van der Waals surface area contributed by atoms with Crippen LogP contribution in [0.1, 0.15) is 37.9 Å². The van der Waals surface area contributed by atoms with Crippen LogP contribution in [0.3, 0.4) is 0 Å². The number of aliphatic hydroxyl groups is 1. The molecule has 0 aliphatic carbocycles. The third-order valence-corrected chi connectivity index (χ3v) is 2.73. The van der Waals surface area contributed by atoms with Crippen LogP contribution >= 0.6 is 11.6 Å². The van der Waals surface area contributed by atoms with Crippen molar-refractivity contribution in [1.82, 2.24) is 0 Å². The Hall–Kier alpha value is -0.730. The van der Waals surface area contributed by atoms with Gasteiger partial charge < -0.3 is 9.84 Å². The minimum Gasteiger partial charge on any atom is -0.497 e. The minimum atomic E-state index is -0.469. The molecule has 15 heavy (non-hydrogen) atoms. The Morgan fingerprint density at radius 1 is 1.47 bits per heavy atom. The highest BCUT2D eigenvalue weighted by atomic mass is 35.5. The molecule has 0 aliphatic rings. The van der Waals surface area contributed by atoms with Gasteiger partial charge in [-0.3, -0.25) is 0 Å². The van der Waals surface area contributed by atoms with E-state index in [0.717, 1.165) is 24.8 Å². The highest BCUT2D eigenvalue weighted by molar-refractivity contribution is 6.31. The van der Waals surface area contributed by atoms with Gasteiger partial charge in [0.05, 0.1) is 18.2 Å². The fourth-order valence-electron chi connectivity index (χ4n) is 1.46. The first-order valence-electron chi connectivity index (χ1n) is 5.20. The highest BCUT2D eigenvalue weighted by Crippen LogP contribution is 2.29. The Kier molecular flexibility index (Phi) is 4.92. The lowest BCUT2D eigenvalue weighted by Gasteiger charge is -2.12. The van der Waals surface area contributed by atoms with Gasteiger partial charge in [0.15, 0.2) is 0 Å². The topological polar surface area (TPSA) is 29.5 Å². The lowest BCUT2D eigenvalue weighted by molar-refractivity contribution is 0.164. The Morgan fingerprint density at radius 3 is 2.73 bits per heavy atom. The van der Waals surface area contributed by atoms with E-state index in [9.17, 15) is 5.11 Å². The van der Waals surface area contributed by atoms with Gasteiger partial charge in [0, 0.05) is 0 Å². The van der Waals surface area contributed by atoms with Crippen LogP contribution in [0.15, 0.2) is 18.2 Å². The van der Waals surface area contributed by atoms with Crippen molar-refractivity contribution in [3.05, 3.63) is 28.8 Å². The van der Waals surface area contributed by atoms with E-state index in [2.05, 4.69) is 6.92 Å². The van der Waals surface area contributed by atoms with Gasteiger partial charge in [-0.15, -0.1) is 0 Å². The summed E-state index contributed by atoms with van der Waals surface area (Å²) in [6, 6.07) is 5.37. The van der Waals surface area contributed by atoms with Crippen molar-refractivity contribution in [2.24, 2.45) is 0 Å². The number of aliphatic hydroxyl groups excluding tert-OH is 1. The summed E-state index contributed by atoms with van der Waals surface area (Å²) in [5.74, 6) is 0.714. The third kappa shape index (κ3) is 3.40. The maximum Gasteiger partial charge on any atom is 0.120 e. The Labute approximate surface area is 95.8 Å². The molecule has 0 aliphatic heterocycles. The van der Waals surface area contributed by atoms with Crippen LogP contribution in [0.5, 0.6) is 5.75 Å². The standard InChI is InChI=1S/C12H17ClO2/c1-3-4-5-12(14)10-7-6-9(15-2)8-11(10)13/h6-8,12,14H,3-5H2,1-2H3. The van der Waals surface area contributed by atoms with Crippen LogP contribution in [0.4, 0.5) is 0 Å². The first kappa shape index (κ1) is 12.3. The number of methoxy groups -OCH3 is 1. The van der Waals surface area contributed by atoms with Crippen molar-refractivity contribution in [1.29, 1.82) is 0 Å². The van der Waals surface area contributed by atoms with Crippen molar-refractivity contribution in [3.8, 4) is 5.75 Å². The van der Waals surface area contributed by atoms with Gasteiger partial charge in [-0.05, 0) is 24.1 Å². The predicted molar refractivity (Wildman–Crippen MR) is 62.5 cm³/mol. The molecule has 1 N–H and O–H groups in total. The van der Waals surface area contributed by atoms with E-state index in [1.807, 2.05) is 12.1 Å². The second-order valence-electron chi connectivity index (χ2n) is 3.55. The second kappa shape index (κ2) is 5.99. The van der Waals surface area contributed by atoms with E-state index in [-0.39, 0.29) is 0 Å². The largest absolute Gasteiger partial charge is 0.497 e. The van der Waals surface area contributed by atoms with Crippen molar-refractivity contribution in [3.63, 3.8) is 0 Å². The summed E-state index contributed by atoms with van der Waals surface area (Å²) in [6.45, 7) is 2.10. The van der Waals surface area contributed by atoms with Crippen LogP contribution in [0, 0.1) is 0 Å². The van der Waals surface area contributed by atoms with Gasteiger partial charge in [0.2, 0.25) is 0 Å². The molecule has 2 nitrogen and oxygen atoms in total. The molecule has 84 valence electrons. The number of unbranched alkanes of at least 4 members (excludes halogenated alkanes) is 1. The molecular weight excluding hydrogens is 212 g/mol. The average molecular weight is 229 g/mol. The van der Waals surface area contributed by atoms with Gasteiger partial charge >= 0.3 is 0 Å². The molecule has 0 spiro atoms. The van der Waals surface area contributed by atoms with E-state index in [0.29, 0.717) is 10.8 Å². The number of rotatable bonds is 5. The summed E-state index contributed by atoms with van der Waals surface area (Å²) < 4.78 is 5.04. The zero-order valence-corrected chi connectivity index (χ0v) is 9.92. The van der Waals surface area contributed by atoms with Crippen molar-refractivity contribution in [2.75, 3.05) is 7.11 Å². The molecule has 0 heterocycles. The summed E-state index contributed by atoms with van der Waals surface area (Å²) >= 11 is 6.04.